The first-order chi connectivity index (χ1) is 13.5. The normalized spacial score (nSPS) is 11.7. The predicted molar refractivity (Wildman–Crippen MR) is 113 cm³/mol. The van der Waals surface area contributed by atoms with Gasteiger partial charge in [-0.25, -0.2) is 0 Å². The van der Waals surface area contributed by atoms with Crippen LogP contribution in [0.3, 0.4) is 0 Å². The summed E-state index contributed by atoms with van der Waals surface area (Å²) in [6.45, 7) is 8.79. The van der Waals surface area contributed by atoms with Gasteiger partial charge in [-0.05, 0) is 12.8 Å². The predicted octanol–water partition coefficient (Wildman–Crippen LogP) is 5.96. The molecule has 0 aromatic carbocycles. The smallest absolute Gasteiger partial charge is 0.306 e. The van der Waals surface area contributed by atoms with Gasteiger partial charge in [0.15, 0.2) is 0 Å². The lowest BCUT2D eigenvalue weighted by Crippen LogP contribution is -2.22. The molecule has 1 atom stereocenters. The van der Waals surface area contributed by atoms with E-state index in [4.69, 9.17) is 14.2 Å². The third kappa shape index (κ3) is 16.6. The fourth-order valence-corrected chi connectivity index (χ4v) is 2.87. The van der Waals surface area contributed by atoms with Gasteiger partial charge in [0.25, 0.3) is 0 Å². The lowest BCUT2D eigenvalue weighted by atomic mass is 10.1. The topological polar surface area (TPSA) is 61.8 Å². The average molecular weight is 399 g/mol. The van der Waals surface area contributed by atoms with E-state index in [0.29, 0.717) is 13.0 Å². The van der Waals surface area contributed by atoms with Crippen LogP contribution in [-0.4, -0.2) is 32.3 Å². The molecule has 0 rings (SSSR count). The van der Waals surface area contributed by atoms with Gasteiger partial charge in [-0.15, -0.1) is 0 Å². The molecule has 0 saturated heterocycles. The maximum atomic E-state index is 11.9. The Kier molecular flexibility index (Phi) is 17.8. The van der Waals surface area contributed by atoms with Crippen LogP contribution in [0.1, 0.15) is 97.3 Å². The maximum absolute atomic E-state index is 11.9. The van der Waals surface area contributed by atoms with Crippen molar-refractivity contribution in [3.63, 3.8) is 0 Å². The van der Waals surface area contributed by atoms with E-state index in [2.05, 4.69) is 20.4 Å². The zero-order chi connectivity index (χ0) is 21.0. The maximum Gasteiger partial charge on any atom is 0.306 e. The first-order valence-electron chi connectivity index (χ1n) is 11.1. The highest BCUT2D eigenvalue weighted by Crippen LogP contribution is 2.14. The molecule has 0 N–H and O–H groups in total. The number of esters is 2. The number of ether oxygens (including phenoxy) is 3. The second-order valence-corrected chi connectivity index (χ2v) is 7.51. The number of hydrogen-bond acceptors (Lipinski definition) is 5. The third-order valence-electron chi connectivity index (χ3n) is 4.73. The highest BCUT2D eigenvalue weighted by atomic mass is 16.5. The fourth-order valence-electron chi connectivity index (χ4n) is 2.87. The van der Waals surface area contributed by atoms with Gasteiger partial charge in [0.05, 0.1) is 32.5 Å². The summed E-state index contributed by atoms with van der Waals surface area (Å²) >= 11 is 0. The SMILES string of the molecule is C=C(CCCCCC)OCC(COC(=O)CCCCCCCC)CC(=O)OC. The summed E-state index contributed by atoms with van der Waals surface area (Å²) in [6, 6.07) is 0. The van der Waals surface area contributed by atoms with Crippen molar-refractivity contribution in [2.24, 2.45) is 5.92 Å². The highest BCUT2D eigenvalue weighted by Gasteiger charge is 2.18. The van der Waals surface area contributed by atoms with Crippen molar-refractivity contribution in [2.75, 3.05) is 20.3 Å². The Morgan fingerprint density at radius 2 is 1.29 bits per heavy atom. The number of carbonyl (C=O) groups is 2. The number of methoxy groups -OCH3 is 1. The largest absolute Gasteiger partial charge is 0.498 e. The first-order valence-corrected chi connectivity index (χ1v) is 11.1. The van der Waals surface area contributed by atoms with Crippen LogP contribution in [0.2, 0.25) is 0 Å². The molecule has 0 amide bonds. The Labute approximate surface area is 172 Å². The number of allylic oxidation sites excluding steroid dienone is 1. The summed E-state index contributed by atoms with van der Waals surface area (Å²) in [4.78, 5) is 23.5. The van der Waals surface area contributed by atoms with Crippen molar-refractivity contribution >= 4 is 11.9 Å². The zero-order valence-corrected chi connectivity index (χ0v) is 18.4. The van der Waals surface area contributed by atoms with E-state index < -0.39 is 0 Å². The van der Waals surface area contributed by atoms with Gasteiger partial charge in [0.1, 0.15) is 0 Å². The Hall–Kier alpha value is -1.52. The molecule has 0 aromatic rings. The van der Waals surface area contributed by atoms with E-state index >= 15 is 0 Å². The molecule has 0 radical (unpaired) electrons. The second-order valence-electron chi connectivity index (χ2n) is 7.51. The van der Waals surface area contributed by atoms with Gasteiger partial charge in [-0.1, -0.05) is 71.8 Å². The standard InChI is InChI=1S/C23H42O5/c1-5-7-9-11-12-14-16-22(24)28-19-21(17-23(25)26-4)18-27-20(3)15-13-10-8-6-2/h21H,3,5-19H2,1-2,4H3. The molecule has 5 heteroatoms. The summed E-state index contributed by atoms with van der Waals surface area (Å²) in [5.74, 6) is -0.0180. The molecule has 0 aromatic heterocycles. The van der Waals surface area contributed by atoms with Crippen molar-refractivity contribution < 1.29 is 23.8 Å². The summed E-state index contributed by atoms with van der Waals surface area (Å²) in [7, 11) is 1.36. The molecule has 0 saturated carbocycles. The minimum atomic E-state index is -0.325. The van der Waals surface area contributed by atoms with Crippen LogP contribution < -0.4 is 0 Å². The molecule has 0 spiro atoms. The number of unbranched alkanes of at least 4 members (excludes halogenated alkanes) is 8. The highest BCUT2D eigenvalue weighted by molar-refractivity contribution is 5.70. The molecule has 0 fully saturated rings. The van der Waals surface area contributed by atoms with Gasteiger partial charge in [-0.3, -0.25) is 9.59 Å². The molecule has 0 aliphatic heterocycles. The lowest BCUT2D eigenvalue weighted by molar-refractivity contribution is -0.149. The van der Waals surface area contributed by atoms with Crippen LogP contribution in [0.4, 0.5) is 0 Å². The van der Waals surface area contributed by atoms with E-state index in [9.17, 15) is 9.59 Å². The first kappa shape index (κ1) is 26.5. The Morgan fingerprint density at radius 3 is 1.93 bits per heavy atom. The molecular weight excluding hydrogens is 356 g/mol. The third-order valence-corrected chi connectivity index (χ3v) is 4.73. The summed E-state index contributed by atoms with van der Waals surface area (Å²) < 4.78 is 15.8. The monoisotopic (exact) mass is 398 g/mol. The molecule has 0 bridgehead atoms. The number of carbonyl (C=O) groups excluding carboxylic acids is 2. The minimum absolute atomic E-state index is 0.171. The van der Waals surface area contributed by atoms with Crippen LogP contribution in [-0.2, 0) is 23.8 Å². The van der Waals surface area contributed by atoms with Crippen molar-refractivity contribution in [3.8, 4) is 0 Å². The van der Waals surface area contributed by atoms with E-state index in [-0.39, 0.29) is 30.9 Å². The molecule has 1 unspecified atom stereocenters. The van der Waals surface area contributed by atoms with E-state index in [1.165, 1.54) is 52.1 Å². The fraction of sp³-hybridized carbons (Fsp3) is 0.826. The van der Waals surface area contributed by atoms with Gasteiger partial charge >= 0.3 is 11.9 Å². The second kappa shape index (κ2) is 18.8. The Balaban J connectivity index is 4.11. The van der Waals surface area contributed by atoms with Crippen molar-refractivity contribution in [1.29, 1.82) is 0 Å². The molecular formula is C23H42O5. The van der Waals surface area contributed by atoms with Crippen LogP contribution in [0.25, 0.3) is 0 Å². The van der Waals surface area contributed by atoms with E-state index in [0.717, 1.165) is 31.4 Å². The summed E-state index contributed by atoms with van der Waals surface area (Å²) in [6.07, 6.45) is 12.8. The summed E-state index contributed by atoms with van der Waals surface area (Å²) in [5.41, 5.74) is 0. The number of hydrogen-bond donors (Lipinski definition) is 0. The lowest BCUT2D eigenvalue weighted by Gasteiger charge is -2.18. The minimum Gasteiger partial charge on any atom is -0.498 e. The number of rotatable bonds is 19. The van der Waals surface area contributed by atoms with Crippen LogP contribution in [0, 0.1) is 5.92 Å². The quantitative estimate of drug-likeness (QED) is 0.153. The average Bonchev–Trinajstić information content (AvgIpc) is 2.69. The van der Waals surface area contributed by atoms with Gasteiger partial charge in [0, 0.05) is 18.8 Å². The molecule has 0 aliphatic rings. The van der Waals surface area contributed by atoms with Gasteiger partial charge in [-0.2, -0.15) is 0 Å². The molecule has 0 heterocycles. The van der Waals surface area contributed by atoms with E-state index in [1.807, 2.05) is 0 Å². The molecule has 28 heavy (non-hydrogen) atoms. The zero-order valence-electron chi connectivity index (χ0n) is 18.4. The van der Waals surface area contributed by atoms with Crippen molar-refractivity contribution in [1.82, 2.24) is 0 Å². The van der Waals surface area contributed by atoms with Crippen LogP contribution >= 0.6 is 0 Å². The molecule has 0 aliphatic carbocycles. The Morgan fingerprint density at radius 1 is 0.750 bits per heavy atom. The molecule has 164 valence electrons. The van der Waals surface area contributed by atoms with Gasteiger partial charge in [0.2, 0.25) is 0 Å². The summed E-state index contributed by atoms with van der Waals surface area (Å²) in [5, 5.41) is 0. The van der Waals surface area contributed by atoms with Gasteiger partial charge < -0.3 is 14.2 Å². The van der Waals surface area contributed by atoms with Crippen LogP contribution in [0.15, 0.2) is 12.3 Å². The van der Waals surface area contributed by atoms with Crippen molar-refractivity contribution in [2.45, 2.75) is 97.3 Å². The van der Waals surface area contributed by atoms with E-state index in [1.54, 1.807) is 0 Å². The van der Waals surface area contributed by atoms with Crippen molar-refractivity contribution in [3.05, 3.63) is 12.3 Å². The molecule has 5 nitrogen and oxygen atoms in total. The van der Waals surface area contributed by atoms with Crippen LogP contribution in [0.5, 0.6) is 0 Å². The Bertz CT molecular complexity index is 419.